The van der Waals surface area contributed by atoms with Gasteiger partial charge in [0.25, 0.3) is 5.91 Å². The van der Waals surface area contributed by atoms with Gasteiger partial charge in [-0.15, -0.1) is 0 Å². The zero-order valence-corrected chi connectivity index (χ0v) is 15.3. The van der Waals surface area contributed by atoms with E-state index in [1.54, 1.807) is 0 Å². The predicted molar refractivity (Wildman–Crippen MR) is 101 cm³/mol. The maximum Gasteiger partial charge on any atom is 0.257 e. The molecule has 146 valence electrons. The van der Waals surface area contributed by atoms with Crippen LogP contribution in [0.2, 0.25) is 0 Å². The summed E-state index contributed by atoms with van der Waals surface area (Å²) < 4.78 is 27.6. The second-order valence-corrected chi connectivity index (χ2v) is 7.21. The topological polar surface area (TPSA) is 99.9 Å². The molecule has 3 aromatic rings. The number of carbonyl (C=O) groups excluding carboxylic acids is 1. The Labute approximate surface area is 160 Å². The highest BCUT2D eigenvalue weighted by Crippen LogP contribution is 2.30. The van der Waals surface area contributed by atoms with Crippen LogP contribution in [0.3, 0.4) is 0 Å². The van der Waals surface area contributed by atoms with Crippen LogP contribution in [0.4, 0.5) is 14.6 Å². The molecule has 4 rings (SSSR count). The molecule has 4 N–H and O–H groups in total. The smallest absolute Gasteiger partial charge is 0.257 e. The average Bonchev–Trinajstić information content (AvgIpc) is 3.24. The van der Waals surface area contributed by atoms with E-state index in [4.69, 9.17) is 5.73 Å². The van der Waals surface area contributed by atoms with Crippen molar-refractivity contribution in [3.8, 4) is 0 Å². The molecule has 0 aliphatic carbocycles. The first kappa shape index (κ1) is 18.3. The number of rotatable bonds is 4. The molecule has 0 spiro atoms. The Morgan fingerprint density at radius 1 is 1.36 bits per heavy atom. The van der Waals surface area contributed by atoms with Gasteiger partial charge in [-0.25, -0.2) is 18.7 Å². The number of nitrogens with zero attached hydrogens (tertiary/aromatic N) is 3. The number of fused-ring (bicyclic) bond motifs is 1. The molecule has 0 saturated carbocycles. The van der Waals surface area contributed by atoms with Crippen LogP contribution >= 0.6 is 0 Å². The van der Waals surface area contributed by atoms with Crippen molar-refractivity contribution < 1.29 is 13.6 Å². The number of nitrogens with one attached hydrogen (secondary N) is 2. The Bertz CT molecular complexity index is 1030. The first-order valence-electron chi connectivity index (χ1n) is 8.93. The van der Waals surface area contributed by atoms with Crippen molar-refractivity contribution in [2.75, 3.05) is 24.5 Å². The zero-order valence-electron chi connectivity index (χ0n) is 15.3. The highest BCUT2D eigenvalue weighted by Gasteiger charge is 2.36. The van der Waals surface area contributed by atoms with Gasteiger partial charge in [0.15, 0.2) is 0 Å². The van der Waals surface area contributed by atoms with Gasteiger partial charge in [0.05, 0.1) is 10.9 Å². The van der Waals surface area contributed by atoms with Crippen molar-refractivity contribution in [2.24, 2.45) is 5.73 Å². The third kappa shape index (κ3) is 3.18. The summed E-state index contributed by atoms with van der Waals surface area (Å²) in [6.45, 7) is 3.16. The molecule has 1 saturated heterocycles. The van der Waals surface area contributed by atoms with Crippen LogP contribution in [0, 0.1) is 18.6 Å². The maximum atomic E-state index is 13.8. The molecule has 3 heterocycles. The SMILES string of the molecule is Cc1c[nH]c2ncnc(N3CC[C@](N)(CNC(=O)c4c(F)cccc4F)C3)c12. The van der Waals surface area contributed by atoms with Gasteiger partial charge >= 0.3 is 0 Å². The molecule has 1 fully saturated rings. The third-order valence-electron chi connectivity index (χ3n) is 5.12. The monoisotopic (exact) mass is 386 g/mol. The van der Waals surface area contributed by atoms with Gasteiger partial charge in [0.1, 0.15) is 35.0 Å². The van der Waals surface area contributed by atoms with Gasteiger partial charge in [0.2, 0.25) is 0 Å². The zero-order chi connectivity index (χ0) is 19.9. The van der Waals surface area contributed by atoms with Crippen LogP contribution in [0.5, 0.6) is 0 Å². The first-order chi connectivity index (χ1) is 13.4. The summed E-state index contributed by atoms with van der Waals surface area (Å²) in [6, 6.07) is 3.31. The number of aryl methyl sites for hydroxylation is 1. The van der Waals surface area contributed by atoms with E-state index >= 15 is 0 Å². The van der Waals surface area contributed by atoms with Gasteiger partial charge < -0.3 is 20.9 Å². The van der Waals surface area contributed by atoms with E-state index in [-0.39, 0.29) is 6.54 Å². The molecule has 1 aliphatic rings. The number of halogens is 2. The summed E-state index contributed by atoms with van der Waals surface area (Å²) in [4.78, 5) is 26.0. The lowest BCUT2D eigenvalue weighted by molar-refractivity contribution is 0.0936. The minimum Gasteiger partial charge on any atom is -0.354 e. The largest absolute Gasteiger partial charge is 0.354 e. The second kappa shape index (κ2) is 6.83. The minimum absolute atomic E-state index is 0.0937. The number of hydrogen-bond acceptors (Lipinski definition) is 5. The van der Waals surface area contributed by atoms with E-state index in [1.165, 1.54) is 12.4 Å². The van der Waals surface area contributed by atoms with Gasteiger partial charge in [-0.3, -0.25) is 4.79 Å². The van der Waals surface area contributed by atoms with Crippen LogP contribution in [0.25, 0.3) is 11.0 Å². The van der Waals surface area contributed by atoms with Crippen LogP contribution in [0.1, 0.15) is 22.3 Å². The Balaban J connectivity index is 1.48. The Hall–Kier alpha value is -3.07. The van der Waals surface area contributed by atoms with Crippen LogP contribution in [-0.4, -0.2) is 46.0 Å². The molecule has 0 unspecified atom stereocenters. The molecule has 7 nitrogen and oxygen atoms in total. The quantitative estimate of drug-likeness (QED) is 0.636. The predicted octanol–water partition coefficient (Wildman–Crippen LogP) is 1.88. The Kier molecular flexibility index (Phi) is 4.46. The molecular formula is C19H20F2N6O. The highest BCUT2D eigenvalue weighted by molar-refractivity contribution is 5.95. The van der Waals surface area contributed by atoms with E-state index < -0.39 is 28.6 Å². The van der Waals surface area contributed by atoms with Gasteiger partial charge in [-0.2, -0.15) is 0 Å². The number of aromatic amines is 1. The second-order valence-electron chi connectivity index (χ2n) is 7.21. The summed E-state index contributed by atoms with van der Waals surface area (Å²) in [7, 11) is 0. The number of hydrogen-bond donors (Lipinski definition) is 3. The molecule has 9 heteroatoms. The lowest BCUT2D eigenvalue weighted by Crippen LogP contribution is -2.52. The van der Waals surface area contributed by atoms with Crippen LogP contribution in [-0.2, 0) is 0 Å². The number of benzene rings is 1. The number of carbonyl (C=O) groups is 1. The summed E-state index contributed by atoms with van der Waals surface area (Å²) in [5.74, 6) is -1.84. The number of nitrogens with two attached hydrogens (primary N) is 1. The van der Waals surface area contributed by atoms with E-state index in [2.05, 4.69) is 20.3 Å². The molecule has 1 atom stereocenters. The van der Waals surface area contributed by atoms with Crippen LogP contribution in [0.15, 0.2) is 30.7 Å². The van der Waals surface area contributed by atoms with E-state index in [0.29, 0.717) is 19.5 Å². The van der Waals surface area contributed by atoms with E-state index in [0.717, 1.165) is 34.5 Å². The van der Waals surface area contributed by atoms with Crippen molar-refractivity contribution >= 4 is 22.8 Å². The number of anilines is 1. The highest BCUT2D eigenvalue weighted by atomic mass is 19.1. The number of aromatic nitrogens is 3. The lowest BCUT2D eigenvalue weighted by Gasteiger charge is -2.25. The van der Waals surface area contributed by atoms with Crippen molar-refractivity contribution in [2.45, 2.75) is 18.9 Å². The van der Waals surface area contributed by atoms with Crippen molar-refractivity contribution in [1.82, 2.24) is 20.3 Å². The normalized spacial score (nSPS) is 19.4. The maximum absolute atomic E-state index is 13.8. The van der Waals surface area contributed by atoms with Crippen LogP contribution < -0.4 is 16.0 Å². The third-order valence-corrected chi connectivity index (χ3v) is 5.12. The number of amides is 1. The summed E-state index contributed by atoms with van der Waals surface area (Å²) in [5.41, 5.74) is 6.90. The van der Waals surface area contributed by atoms with Gasteiger partial charge in [-0.05, 0) is 31.0 Å². The fraction of sp³-hybridized carbons (Fsp3) is 0.316. The first-order valence-corrected chi connectivity index (χ1v) is 8.93. The Morgan fingerprint density at radius 2 is 2.11 bits per heavy atom. The lowest BCUT2D eigenvalue weighted by atomic mass is 10.00. The van der Waals surface area contributed by atoms with E-state index in [1.807, 2.05) is 18.0 Å². The summed E-state index contributed by atoms with van der Waals surface area (Å²) in [6.07, 6.45) is 3.96. The standard InChI is InChI=1S/C19H20F2N6O/c1-11-7-23-16-14(11)17(26-10-25-16)27-6-5-19(22,9-27)8-24-18(28)15-12(20)3-2-4-13(15)21/h2-4,7,10H,5-6,8-9,22H2,1H3,(H,24,28)(H,23,25,26)/t19-/m0/s1. The fourth-order valence-electron chi connectivity index (χ4n) is 3.62. The minimum atomic E-state index is -0.900. The molecular weight excluding hydrogens is 366 g/mol. The fourth-order valence-corrected chi connectivity index (χ4v) is 3.62. The average molecular weight is 386 g/mol. The molecule has 0 radical (unpaired) electrons. The molecule has 28 heavy (non-hydrogen) atoms. The molecule has 2 aromatic heterocycles. The molecule has 1 amide bonds. The van der Waals surface area contributed by atoms with E-state index in [9.17, 15) is 13.6 Å². The summed E-state index contributed by atoms with van der Waals surface area (Å²) in [5, 5.41) is 3.50. The number of H-pyrrole nitrogens is 1. The Morgan fingerprint density at radius 3 is 2.86 bits per heavy atom. The van der Waals surface area contributed by atoms with Gasteiger partial charge in [-0.1, -0.05) is 6.07 Å². The molecule has 1 aliphatic heterocycles. The van der Waals surface area contributed by atoms with Gasteiger partial charge in [0, 0.05) is 25.8 Å². The molecule has 0 bridgehead atoms. The summed E-state index contributed by atoms with van der Waals surface area (Å²) >= 11 is 0. The van der Waals surface area contributed by atoms with Crippen molar-refractivity contribution in [3.63, 3.8) is 0 Å². The van der Waals surface area contributed by atoms with Crippen molar-refractivity contribution in [1.29, 1.82) is 0 Å². The molecule has 1 aromatic carbocycles. The van der Waals surface area contributed by atoms with Crippen molar-refractivity contribution in [3.05, 3.63) is 53.5 Å².